The second kappa shape index (κ2) is 11.5. The number of pyridine rings is 1. The fraction of sp³-hybridized carbons (Fsp3) is 0.588. The maximum Gasteiger partial charge on any atom is 0.394 e. The maximum absolute atomic E-state index is 11.0. The van der Waals surface area contributed by atoms with Crippen molar-refractivity contribution < 1.29 is 14.7 Å². The zero-order chi connectivity index (χ0) is 17.8. The highest BCUT2D eigenvalue weighted by Gasteiger charge is 2.09. The highest BCUT2D eigenvalue weighted by molar-refractivity contribution is 6.31. The molecule has 1 amide bonds. The SMILES string of the molecule is CCN(CC)CCCCNCc1cc(CNC(=O)C(=O)O)ccn1. The molecule has 1 aromatic rings. The van der Waals surface area contributed by atoms with E-state index in [1.165, 1.54) is 6.42 Å². The van der Waals surface area contributed by atoms with Crippen LogP contribution in [0.2, 0.25) is 0 Å². The van der Waals surface area contributed by atoms with Crippen molar-refractivity contribution in [1.82, 2.24) is 20.5 Å². The molecule has 1 aromatic heterocycles. The summed E-state index contributed by atoms with van der Waals surface area (Å²) in [6.45, 7) is 9.46. The number of carboxylic acid groups (broad SMARTS) is 1. The standard InChI is InChI=1S/C17H28N4O3/c1-3-21(4-2)10-6-5-8-18-13-15-11-14(7-9-19-15)12-20-16(22)17(23)24/h7,9,11,18H,3-6,8,10,12-13H2,1-2H3,(H,20,22)(H,23,24). The second-order valence-electron chi connectivity index (χ2n) is 5.55. The topological polar surface area (TPSA) is 94.6 Å². The normalized spacial score (nSPS) is 10.8. The van der Waals surface area contributed by atoms with Crippen LogP contribution in [0.3, 0.4) is 0 Å². The first-order valence-electron chi connectivity index (χ1n) is 8.44. The fourth-order valence-electron chi connectivity index (χ4n) is 2.33. The number of hydrogen-bond donors (Lipinski definition) is 3. The molecule has 0 bridgehead atoms. The van der Waals surface area contributed by atoms with E-state index in [1.807, 2.05) is 6.07 Å². The van der Waals surface area contributed by atoms with E-state index in [0.29, 0.717) is 6.54 Å². The molecular weight excluding hydrogens is 308 g/mol. The Morgan fingerprint density at radius 2 is 1.96 bits per heavy atom. The molecule has 0 aliphatic heterocycles. The molecule has 7 heteroatoms. The van der Waals surface area contributed by atoms with Crippen LogP contribution in [0.25, 0.3) is 0 Å². The fourth-order valence-corrected chi connectivity index (χ4v) is 2.33. The molecule has 7 nitrogen and oxygen atoms in total. The summed E-state index contributed by atoms with van der Waals surface area (Å²) in [4.78, 5) is 28.2. The van der Waals surface area contributed by atoms with Crippen molar-refractivity contribution in [2.24, 2.45) is 0 Å². The zero-order valence-corrected chi connectivity index (χ0v) is 14.5. The average Bonchev–Trinajstić information content (AvgIpc) is 2.59. The van der Waals surface area contributed by atoms with E-state index in [9.17, 15) is 9.59 Å². The number of hydrogen-bond acceptors (Lipinski definition) is 5. The van der Waals surface area contributed by atoms with Gasteiger partial charge < -0.3 is 20.6 Å². The van der Waals surface area contributed by atoms with Crippen LogP contribution >= 0.6 is 0 Å². The first kappa shape index (κ1) is 20.1. The maximum atomic E-state index is 11.0. The van der Waals surface area contributed by atoms with E-state index in [4.69, 9.17) is 5.11 Å². The number of nitrogens with zero attached hydrogens (tertiary/aromatic N) is 2. The van der Waals surface area contributed by atoms with E-state index in [0.717, 1.165) is 43.9 Å². The van der Waals surface area contributed by atoms with Crippen molar-refractivity contribution >= 4 is 11.9 Å². The molecule has 0 saturated heterocycles. The van der Waals surface area contributed by atoms with Crippen molar-refractivity contribution in [3.63, 3.8) is 0 Å². The summed E-state index contributed by atoms with van der Waals surface area (Å²) in [5.41, 5.74) is 1.71. The van der Waals surface area contributed by atoms with Crippen LogP contribution in [0.5, 0.6) is 0 Å². The number of nitrogens with one attached hydrogen (secondary N) is 2. The summed E-state index contributed by atoms with van der Waals surface area (Å²) in [6, 6.07) is 3.63. The Balaban J connectivity index is 2.25. The van der Waals surface area contributed by atoms with Crippen LogP contribution in [0.15, 0.2) is 18.3 Å². The molecule has 0 aliphatic rings. The minimum atomic E-state index is -1.48. The van der Waals surface area contributed by atoms with Gasteiger partial charge in [-0.3, -0.25) is 9.78 Å². The number of aliphatic carboxylic acids is 1. The third-order valence-electron chi connectivity index (χ3n) is 3.81. The lowest BCUT2D eigenvalue weighted by Crippen LogP contribution is -2.30. The summed E-state index contributed by atoms with van der Waals surface area (Å²) >= 11 is 0. The first-order chi connectivity index (χ1) is 11.6. The molecule has 134 valence electrons. The van der Waals surface area contributed by atoms with Crippen molar-refractivity contribution in [2.75, 3.05) is 26.2 Å². The lowest BCUT2D eigenvalue weighted by Gasteiger charge is -2.17. The first-order valence-corrected chi connectivity index (χ1v) is 8.44. The highest BCUT2D eigenvalue weighted by atomic mass is 16.4. The molecule has 1 heterocycles. The minimum Gasteiger partial charge on any atom is -0.474 e. The summed E-state index contributed by atoms with van der Waals surface area (Å²) < 4.78 is 0. The van der Waals surface area contributed by atoms with Crippen LogP contribution in [-0.4, -0.2) is 53.0 Å². The molecule has 24 heavy (non-hydrogen) atoms. The van der Waals surface area contributed by atoms with E-state index in [2.05, 4.69) is 34.4 Å². The van der Waals surface area contributed by atoms with E-state index in [1.54, 1.807) is 12.3 Å². The van der Waals surface area contributed by atoms with Crippen molar-refractivity contribution in [2.45, 2.75) is 39.8 Å². The summed E-state index contributed by atoms with van der Waals surface area (Å²) in [6.07, 6.45) is 3.95. The van der Waals surface area contributed by atoms with Gasteiger partial charge in [-0.25, -0.2) is 4.79 Å². The smallest absolute Gasteiger partial charge is 0.394 e. The Morgan fingerprint density at radius 1 is 1.21 bits per heavy atom. The molecule has 3 N–H and O–H groups in total. The second-order valence-corrected chi connectivity index (χ2v) is 5.55. The van der Waals surface area contributed by atoms with Gasteiger partial charge in [-0.1, -0.05) is 13.8 Å². The largest absolute Gasteiger partial charge is 0.474 e. The van der Waals surface area contributed by atoms with Crippen LogP contribution in [0, 0.1) is 0 Å². The van der Waals surface area contributed by atoms with Crippen LogP contribution < -0.4 is 10.6 Å². The quantitative estimate of drug-likeness (QED) is 0.412. The molecule has 0 fully saturated rings. The van der Waals surface area contributed by atoms with Crippen molar-refractivity contribution in [1.29, 1.82) is 0 Å². The lowest BCUT2D eigenvalue weighted by atomic mass is 10.2. The van der Waals surface area contributed by atoms with Gasteiger partial charge in [-0.2, -0.15) is 0 Å². The Bertz CT molecular complexity index is 518. The predicted molar refractivity (Wildman–Crippen MR) is 92.4 cm³/mol. The van der Waals surface area contributed by atoms with Gasteiger partial charge in [0.25, 0.3) is 0 Å². The van der Waals surface area contributed by atoms with E-state index >= 15 is 0 Å². The lowest BCUT2D eigenvalue weighted by molar-refractivity contribution is -0.150. The predicted octanol–water partition coefficient (Wildman–Crippen LogP) is 0.994. The number of unbranched alkanes of at least 4 members (excludes halogenated alkanes) is 1. The third kappa shape index (κ3) is 8.03. The van der Waals surface area contributed by atoms with Crippen LogP contribution in [-0.2, 0) is 22.7 Å². The zero-order valence-electron chi connectivity index (χ0n) is 14.5. The van der Waals surface area contributed by atoms with Gasteiger partial charge in [0.05, 0.1) is 5.69 Å². The van der Waals surface area contributed by atoms with Gasteiger partial charge in [0.15, 0.2) is 0 Å². The highest BCUT2D eigenvalue weighted by Crippen LogP contribution is 2.02. The number of carboxylic acids is 1. The van der Waals surface area contributed by atoms with Gasteiger partial charge in [0.1, 0.15) is 0 Å². The Hall–Kier alpha value is -1.99. The number of aromatic nitrogens is 1. The summed E-state index contributed by atoms with van der Waals surface area (Å²) in [5.74, 6) is -2.48. The molecule has 1 rings (SSSR count). The van der Waals surface area contributed by atoms with Gasteiger partial charge in [-0.15, -0.1) is 0 Å². The van der Waals surface area contributed by atoms with Gasteiger partial charge in [-0.05, 0) is 56.7 Å². The van der Waals surface area contributed by atoms with Gasteiger partial charge in [0.2, 0.25) is 0 Å². The van der Waals surface area contributed by atoms with E-state index in [-0.39, 0.29) is 6.54 Å². The molecule has 0 radical (unpaired) electrons. The monoisotopic (exact) mass is 336 g/mol. The van der Waals surface area contributed by atoms with Crippen LogP contribution in [0.1, 0.15) is 37.9 Å². The Morgan fingerprint density at radius 3 is 2.62 bits per heavy atom. The molecule has 0 spiro atoms. The number of carbonyl (C=O) groups excluding carboxylic acids is 1. The van der Waals surface area contributed by atoms with E-state index < -0.39 is 11.9 Å². The Labute approximate surface area is 143 Å². The number of carbonyl (C=O) groups is 2. The minimum absolute atomic E-state index is 0.185. The Kier molecular flexibility index (Phi) is 9.64. The van der Waals surface area contributed by atoms with Crippen molar-refractivity contribution in [3.05, 3.63) is 29.6 Å². The number of rotatable bonds is 11. The molecule has 0 saturated carbocycles. The number of amides is 1. The van der Waals surface area contributed by atoms with Crippen molar-refractivity contribution in [3.8, 4) is 0 Å². The summed E-state index contributed by atoms with van der Waals surface area (Å²) in [7, 11) is 0. The molecular formula is C17H28N4O3. The summed E-state index contributed by atoms with van der Waals surface area (Å²) in [5, 5.41) is 14.2. The molecule has 0 unspecified atom stereocenters. The molecule has 0 aliphatic carbocycles. The van der Waals surface area contributed by atoms with Gasteiger partial charge >= 0.3 is 11.9 Å². The average molecular weight is 336 g/mol. The molecule has 0 atom stereocenters. The molecule has 0 aromatic carbocycles. The van der Waals surface area contributed by atoms with Crippen LogP contribution in [0.4, 0.5) is 0 Å². The third-order valence-corrected chi connectivity index (χ3v) is 3.81. The van der Waals surface area contributed by atoms with Gasteiger partial charge in [0, 0.05) is 19.3 Å².